The van der Waals surface area contributed by atoms with Crippen molar-refractivity contribution in [3.05, 3.63) is 47.9 Å². The summed E-state index contributed by atoms with van der Waals surface area (Å²) in [5.41, 5.74) is 1.22. The minimum atomic E-state index is 0.441. The molecule has 0 saturated carbocycles. The summed E-state index contributed by atoms with van der Waals surface area (Å²) < 4.78 is 16.0. The summed E-state index contributed by atoms with van der Waals surface area (Å²) in [4.78, 5) is 4.26. The number of aliphatic imine (C=N–C) groups is 1. The van der Waals surface area contributed by atoms with Crippen molar-refractivity contribution in [2.75, 3.05) is 34.4 Å². The molecule has 2 N–H and O–H groups in total. The number of benzene rings is 1. The van der Waals surface area contributed by atoms with Crippen LogP contribution in [0.1, 0.15) is 18.2 Å². The van der Waals surface area contributed by atoms with E-state index in [1.165, 1.54) is 5.56 Å². The SMILES string of the molecule is CN=C(NCCc1ccco1)NCC(C)Cc1ccc(OC)c(OC)c1. The van der Waals surface area contributed by atoms with Crippen LogP contribution >= 0.6 is 0 Å². The van der Waals surface area contributed by atoms with Gasteiger partial charge >= 0.3 is 0 Å². The van der Waals surface area contributed by atoms with Crippen LogP contribution < -0.4 is 20.1 Å². The van der Waals surface area contributed by atoms with Crippen molar-refractivity contribution >= 4 is 5.96 Å². The predicted octanol–water partition coefficient (Wildman–Crippen LogP) is 2.88. The first-order chi connectivity index (χ1) is 12.7. The van der Waals surface area contributed by atoms with Gasteiger partial charge in [-0.1, -0.05) is 13.0 Å². The molecule has 6 heteroatoms. The molecule has 0 spiro atoms. The van der Waals surface area contributed by atoms with Gasteiger partial charge < -0.3 is 24.5 Å². The van der Waals surface area contributed by atoms with Crippen molar-refractivity contribution in [3.63, 3.8) is 0 Å². The highest BCUT2D eigenvalue weighted by Crippen LogP contribution is 2.28. The summed E-state index contributed by atoms with van der Waals surface area (Å²) >= 11 is 0. The first kappa shape index (κ1) is 19.7. The summed E-state index contributed by atoms with van der Waals surface area (Å²) in [7, 11) is 5.08. The molecular formula is C20H29N3O3. The standard InChI is InChI=1S/C20H29N3O3/c1-15(12-16-7-8-18(24-3)19(13-16)25-4)14-23-20(21-2)22-10-9-17-6-5-11-26-17/h5-8,11,13,15H,9-10,12,14H2,1-4H3,(H2,21,22,23). The smallest absolute Gasteiger partial charge is 0.190 e. The van der Waals surface area contributed by atoms with Gasteiger partial charge in [0.15, 0.2) is 17.5 Å². The van der Waals surface area contributed by atoms with Gasteiger partial charge in [-0.2, -0.15) is 0 Å². The van der Waals surface area contributed by atoms with Gasteiger partial charge in [-0.25, -0.2) is 0 Å². The zero-order chi connectivity index (χ0) is 18.8. The highest BCUT2D eigenvalue weighted by Gasteiger charge is 2.09. The van der Waals surface area contributed by atoms with E-state index in [2.05, 4.69) is 28.6 Å². The summed E-state index contributed by atoms with van der Waals surface area (Å²) in [5, 5.41) is 6.68. The fourth-order valence-corrected chi connectivity index (χ4v) is 2.73. The van der Waals surface area contributed by atoms with E-state index >= 15 is 0 Å². The number of furan rings is 1. The van der Waals surface area contributed by atoms with Gasteiger partial charge in [-0.3, -0.25) is 4.99 Å². The lowest BCUT2D eigenvalue weighted by Crippen LogP contribution is -2.40. The van der Waals surface area contributed by atoms with Gasteiger partial charge in [0.05, 0.1) is 20.5 Å². The maximum absolute atomic E-state index is 5.37. The number of hydrogen-bond acceptors (Lipinski definition) is 4. The zero-order valence-corrected chi connectivity index (χ0v) is 16.0. The Bertz CT molecular complexity index is 684. The van der Waals surface area contributed by atoms with E-state index in [1.807, 2.05) is 24.3 Å². The first-order valence-corrected chi connectivity index (χ1v) is 8.84. The molecule has 26 heavy (non-hydrogen) atoms. The maximum atomic E-state index is 5.37. The topological polar surface area (TPSA) is 68.0 Å². The first-order valence-electron chi connectivity index (χ1n) is 8.84. The summed E-state index contributed by atoms with van der Waals surface area (Å²) in [6, 6.07) is 9.94. The van der Waals surface area contributed by atoms with Crippen LogP contribution in [0.4, 0.5) is 0 Å². The number of hydrogen-bond donors (Lipinski definition) is 2. The molecule has 0 saturated heterocycles. The third-order valence-corrected chi connectivity index (χ3v) is 4.12. The Labute approximate surface area is 155 Å². The maximum Gasteiger partial charge on any atom is 0.190 e. The largest absolute Gasteiger partial charge is 0.493 e. The van der Waals surface area contributed by atoms with E-state index in [4.69, 9.17) is 13.9 Å². The van der Waals surface area contributed by atoms with Gasteiger partial charge in [0.1, 0.15) is 5.76 Å². The highest BCUT2D eigenvalue weighted by atomic mass is 16.5. The average molecular weight is 359 g/mol. The molecule has 1 aromatic heterocycles. The predicted molar refractivity (Wildman–Crippen MR) is 104 cm³/mol. The molecular weight excluding hydrogens is 330 g/mol. The number of rotatable bonds is 9. The number of guanidine groups is 1. The van der Waals surface area contributed by atoms with E-state index < -0.39 is 0 Å². The van der Waals surface area contributed by atoms with Crippen molar-refractivity contribution in [1.29, 1.82) is 0 Å². The fraction of sp³-hybridized carbons (Fsp3) is 0.450. The second-order valence-corrected chi connectivity index (χ2v) is 6.21. The fourth-order valence-electron chi connectivity index (χ4n) is 2.73. The Hall–Kier alpha value is -2.63. The second kappa shape index (κ2) is 10.4. The molecule has 0 bridgehead atoms. The lowest BCUT2D eigenvalue weighted by atomic mass is 10.0. The Morgan fingerprint density at radius 3 is 2.62 bits per heavy atom. The van der Waals surface area contributed by atoms with E-state index in [9.17, 15) is 0 Å². The number of nitrogens with zero attached hydrogens (tertiary/aromatic N) is 1. The summed E-state index contributed by atoms with van der Waals surface area (Å²) in [5.74, 6) is 3.73. The normalized spacial score (nSPS) is 12.5. The van der Waals surface area contributed by atoms with E-state index in [0.29, 0.717) is 5.92 Å². The van der Waals surface area contributed by atoms with Gasteiger partial charge in [-0.05, 0) is 42.2 Å². The highest BCUT2D eigenvalue weighted by molar-refractivity contribution is 5.79. The zero-order valence-electron chi connectivity index (χ0n) is 16.0. The third-order valence-electron chi connectivity index (χ3n) is 4.12. The van der Waals surface area contributed by atoms with Crippen LogP contribution in [0.15, 0.2) is 46.0 Å². The van der Waals surface area contributed by atoms with Crippen LogP contribution in [0.25, 0.3) is 0 Å². The second-order valence-electron chi connectivity index (χ2n) is 6.21. The molecule has 2 rings (SSSR count). The van der Waals surface area contributed by atoms with E-state index in [-0.39, 0.29) is 0 Å². The Balaban J connectivity index is 1.76. The molecule has 0 amide bonds. The van der Waals surface area contributed by atoms with Gasteiger partial charge in [0, 0.05) is 26.6 Å². The third kappa shape index (κ3) is 6.02. The molecule has 0 fully saturated rings. The molecule has 1 heterocycles. The molecule has 1 unspecified atom stereocenters. The summed E-state index contributed by atoms with van der Waals surface area (Å²) in [6.07, 6.45) is 3.46. The lowest BCUT2D eigenvalue weighted by molar-refractivity contribution is 0.354. The lowest BCUT2D eigenvalue weighted by Gasteiger charge is -2.17. The molecule has 0 radical (unpaired) electrons. The van der Waals surface area contributed by atoms with Crippen molar-refractivity contribution in [3.8, 4) is 11.5 Å². The van der Waals surface area contributed by atoms with Crippen molar-refractivity contribution < 1.29 is 13.9 Å². The van der Waals surface area contributed by atoms with Crippen LogP contribution in [0, 0.1) is 5.92 Å². The van der Waals surface area contributed by atoms with Gasteiger partial charge in [-0.15, -0.1) is 0 Å². The number of nitrogens with one attached hydrogen (secondary N) is 2. The molecule has 1 aromatic carbocycles. The van der Waals surface area contributed by atoms with Crippen molar-refractivity contribution in [2.45, 2.75) is 19.8 Å². The van der Waals surface area contributed by atoms with E-state index in [0.717, 1.165) is 49.1 Å². The van der Waals surface area contributed by atoms with Crippen LogP contribution in [0.3, 0.4) is 0 Å². The Kier molecular flexibility index (Phi) is 7.86. The molecule has 1 atom stereocenters. The van der Waals surface area contributed by atoms with Crippen LogP contribution in [0.5, 0.6) is 11.5 Å². The van der Waals surface area contributed by atoms with Crippen molar-refractivity contribution in [1.82, 2.24) is 10.6 Å². The Morgan fingerprint density at radius 2 is 1.96 bits per heavy atom. The van der Waals surface area contributed by atoms with Gasteiger partial charge in [0.25, 0.3) is 0 Å². The average Bonchev–Trinajstić information content (AvgIpc) is 3.17. The molecule has 0 aliphatic carbocycles. The molecule has 0 aliphatic rings. The number of ether oxygens (including phenoxy) is 2. The molecule has 2 aromatic rings. The van der Waals surface area contributed by atoms with E-state index in [1.54, 1.807) is 27.5 Å². The monoisotopic (exact) mass is 359 g/mol. The van der Waals surface area contributed by atoms with Crippen molar-refractivity contribution in [2.24, 2.45) is 10.9 Å². The Morgan fingerprint density at radius 1 is 1.15 bits per heavy atom. The minimum Gasteiger partial charge on any atom is -0.493 e. The van der Waals surface area contributed by atoms with Gasteiger partial charge in [0.2, 0.25) is 0 Å². The quantitative estimate of drug-likeness (QED) is 0.532. The van der Waals surface area contributed by atoms with Crippen LogP contribution in [-0.4, -0.2) is 40.3 Å². The molecule has 6 nitrogen and oxygen atoms in total. The van der Waals surface area contributed by atoms with Crippen LogP contribution in [-0.2, 0) is 12.8 Å². The molecule has 0 aliphatic heterocycles. The van der Waals surface area contributed by atoms with Crippen LogP contribution in [0.2, 0.25) is 0 Å². The number of methoxy groups -OCH3 is 2. The summed E-state index contributed by atoms with van der Waals surface area (Å²) in [6.45, 7) is 3.81. The minimum absolute atomic E-state index is 0.441. The molecule has 142 valence electrons.